The molecule has 2 N–H and O–H groups in total. The lowest BCUT2D eigenvalue weighted by atomic mass is 10.0. The summed E-state index contributed by atoms with van der Waals surface area (Å²) in [6, 6.07) is 15.2. The van der Waals surface area contributed by atoms with Crippen molar-refractivity contribution in [2.75, 3.05) is 0 Å². The second-order valence-corrected chi connectivity index (χ2v) is 6.14. The lowest BCUT2D eigenvalue weighted by Crippen LogP contribution is -2.37. The summed E-state index contributed by atoms with van der Waals surface area (Å²) in [4.78, 5) is 12.0. The lowest BCUT2D eigenvalue weighted by Gasteiger charge is -2.20. The van der Waals surface area contributed by atoms with Crippen molar-refractivity contribution in [2.24, 2.45) is 0 Å². The van der Waals surface area contributed by atoms with Crippen molar-refractivity contribution in [3.63, 3.8) is 0 Å². The van der Waals surface area contributed by atoms with E-state index in [2.05, 4.69) is 22.3 Å². The minimum absolute atomic E-state index is 0.00449. The molecule has 0 saturated carbocycles. The van der Waals surface area contributed by atoms with Gasteiger partial charge in [0.25, 0.3) is 0 Å². The van der Waals surface area contributed by atoms with Crippen LogP contribution >= 0.6 is 0 Å². The first-order valence-corrected chi connectivity index (χ1v) is 8.63. The van der Waals surface area contributed by atoms with Crippen LogP contribution in [0.25, 0.3) is 0 Å². The number of hydrogen-bond acceptors (Lipinski definition) is 2. The van der Waals surface area contributed by atoms with E-state index in [1.807, 2.05) is 55.5 Å². The second kappa shape index (κ2) is 9.83. The van der Waals surface area contributed by atoms with Gasteiger partial charge in [-0.2, -0.15) is 0 Å². The molecule has 2 atom stereocenters. The zero-order valence-electron chi connectivity index (χ0n) is 14.3. The van der Waals surface area contributed by atoms with Crippen LogP contribution in [0.2, 0.25) is 0 Å². The molecule has 1 amide bonds. The molecule has 0 fully saturated rings. The van der Waals surface area contributed by atoms with E-state index >= 15 is 0 Å². The summed E-state index contributed by atoms with van der Waals surface area (Å²) in [6.07, 6.45) is 6.89. The Morgan fingerprint density at radius 3 is 2.42 bits per heavy atom. The third-order valence-electron chi connectivity index (χ3n) is 4.10. The van der Waals surface area contributed by atoms with E-state index in [4.69, 9.17) is 0 Å². The van der Waals surface area contributed by atoms with Crippen LogP contribution in [-0.4, -0.2) is 17.1 Å². The number of aliphatic hydroxyl groups excluding tert-OH is 1. The van der Waals surface area contributed by atoms with Crippen molar-refractivity contribution in [1.29, 1.82) is 0 Å². The van der Waals surface area contributed by atoms with E-state index in [0.717, 1.165) is 31.4 Å². The van der Waals surface area contributed by atoms with E-state index in [-0.39, 0.29) is 11.9 Å². The molecular formula is C20H27N2O2+. The van der Waals surface area contributed by atoms with Gasteiger partial charge in [0.05, 0.1) is 12.1 Å². The van der Waals surface area contributed by atoms with Gasteiger partial charge in [0.15, 0.2) is 12.4 Å². The summed E-state index contributed by atoms with van der Waals surface area (Å²) in [5, 5.41) is 13.1. The van der Waals surface area contributed by atoms with Gasteiger partial charge in [0.2, 0.25) is 5.91 Å². The van der Waals surface area contributed by atoms with Gasteiger partial charge in [-0.3, -0.25) is 4.79 Å². The summed E-state index contributed by atoms with van der Waals surface area (Å²) in [7, 11) is 0. The smallest absolute Gasteiger partial charge is 0.220 e. The number of nitrogens with one attached hydrogen (secondary N) is 1. The molecular weight excluding hydrogens is 300 g/mol. The van der Waals surface area contributed by atoms with Gasteiger partial charge in [-0.05, 0) is 25.3 Å². The maximum absolute atomic E-state index is 12.0. The van der Waals surface area contributed by atoms with Crippen molar-refractivity contribution in [3.05, 3.63) is 66.5 Å². The minimum Gasteiger partial charge on any atom is -0.386 e. The number of aryl methyl sites for hydroxylation is 1. The third-order valence-corrected chi connectivity index (χ3v) is 4.10. The van der Waals surface area contributed by atoms with Crippen LogP contribution in [0.5, 0.6) is 0 Å². The van der Waals surface area contributed by atoms with Gasteiger partial charge >= 0.3 is 0 Å². The van der Waals surface area contributed by atoms with Crippen LogP contribution in [0.4, 0.5) is 0 Å². The molecule has 24 heavy (non-hydrogen) atoms. The highest BCUT2D eigenvalue weighted by atomic mass is 16.3. The summed E-state index contributed by atoms with van der Waals surface area (Å²) in [5.41, 5.74) is 0.824. The number of unbranched alkanes of at least 4 members (excludes halogenated alkanes) is 2. The van der Waals surface area contributed by atoms with Crippen molar-refractivity contribution >= 4 is 5.91 Å². The zero-order valence-corrected chi connectivity index (χ0v) is 14.3. The highest BCUT2D eigenvalue weighted by Crippen LogP contribution is 2.16. The van der Waals surface area contributed by atoms with Crippen molar-refractivity contribution < 1.29 is 14.5 Å². The molecule has 0 bridgehead atoms. The lowest BCUT2D eigenvalue weighted by molar-refractivity contribution is -0.697. The fourth-order valence-corrected chi connectivity index (χ4v) is 2.68. The molecule has 2 rings (SSSR count). The summed E-state index contributed by atoms with van der Waals surface area (Å²) in [5.74, 6) is 0.00449. The number of carbonyl (C=O) groups is 1. The molecule has 0 aliphatic carbocycles. The molecule has 1 heterocycles. The summed E-state index contributed by atoms with van der Waals surface area (Å²) in [6.45, 7) is 2.81. The maximum Gasteiger partial charge on any atom is 0.220 e. The van der Waals surface area contributed by atoms with Crippen LogP contribution in [0.3, 0.4) is 0 Å². The van der Waals surface area contributed by atoms with E-state index in [9.17, 15) is 9.90 Å². The van der Waals surface area contributed by atoms with Gasteiger partial charge in [-0.15, -0.1) is 0 Å². The Morgan fingerprint density at radius 2 is 1.71 bits per heavy atom. The Balaban J connectivity index is 1.62. The van der Waals surface area contributed by atoms with Gasteiger partial charge in [0.1, 0.15) is 6.54 Å². The van der Waals surface area contributed by atoms with Crippen molar-refractivity contribution in [2.45, 2.75) is 51.3 Å². The third kappa shape index (κ3) is 6.13. The summed E-state index contributed by atoms with van der Waals surface area (Å²) < 4.78 is 2.15. The Bertz CT molecular complexity index is 602. The maximum atomic E-state index is 12.0. The number of nitrogens with zero attached hydrogens (tertiary/aromatic N) is 1. The Morgan fingerprint density at radius 1 is 1.04 bits per heavy atom. The van der Waals surface area contributed by atoms with Crippen molar-refractivity contribution in [3.8, 4) is 0 Å². The number of amides is 1. The normalized spacial score (nSPS) is 13.2. The van der Waals surface area contributed by atoms with Crippen LogP contribution < -0.4 is 9.88 Å². The van der Waals surface area contributed by atoms with Crippen LogP contribution in [0, 0.1) is 0 Å². The molecule has 2 aromatic rings. The number of aliphatic hydroxyl groups is 1. The Labute approximate surface area is 144 Å². The van der Waals surface area contributed by atoms with E-state index < -0.39 is 6.10 Å². The van der Waals surface area contributed by atoms with Gasteiger partial charge in [-0.25, -0.2) is 4.57 Å². The number of carbonyl (C=O) groups excluding carboxylic acids is 1. The second-order valence-electron chi connectivity index (χ2n) is 6.14. The first kappa shape index (κ1) is 18.1. The van der Waals surface area contributed by atoms with E-state index in [1.54, 1.807) is 0 Å². The topological polar surface area (TPSA) is 53.2 Å². The number of aromatic nitrogens is 1. The standard InChI is InChI=1S/C20H26N2O2/c1-17(20(24)18-11-5-2-6-12-18)21-19(23)13-7-3-8-14-22-15-9-4-10-16-22/h2,4-6,9-12,15-17,20,24H,3,7-8,13-14H2,1H3/p+1/t17-,20-/m0/s1. The average Bonchev–Trinajstić information content (AvgIpc) is 2.62. The van der Waals surface area contributed by atoms with Crippen LogP contribution in [0.15, 0.2) is 60.9 Å². The Hall–Kier alpha value is -2.20. The van der Waals surface area contributed by atoms with E-state index in [1.165, 1.54) is 0 Å². The first-order chi connectivity index (χ1) is 11.7. The molecule has 128 valence electrons. The minimum atomic E-state index is -0.676. The fourth-order valence-electron chi connectivity index (χ4n) is 2.68. The molecule has 0 spiro atoms. The van der Waals surface area contributed by atoms with Gasteiger partial charge in [-0.1, -0.05) is 36.4 Å². The van der Waals surface area contributed by atoms with Crippen molar-refractivity contribution in [1.82, 2.24) is 5.32 Å². The molecule has 1 aromatic heterocycles. The number of rotatable bonds is 9. The predicted molar refractivity (Wildman–Crippen MR) is 94.1 cm³/mol. The Kier molecular flexibility index (Phi) is 7.43. The molecule has 4 heteroatoms. The molecule has 0 aliphatic rings. The zero-order chi connectivity index (χ0) is 17.2. The molecule has 0 radical (unpaired) electrons. The summed E-state index contributed by atoms with van der Waals surface area (Å²) >= 11 is 0. The average molecular weight is 327 g/mol. The quantitative estimate of drug-likeness (QED) is 0.550. The number of pyridine rings is 1. The van der Waals surface area contributed by atoms with E-state index in [0.29, 0.717) is 6.42 Å². The molecule has 0 unspecified atom stereocenters. The number of benzene rings is 1. The predicted octanol–water partition coefficient (Wildman–Crippen LogP) is 2.77. The molecule has 0 aliphatic heterocycles. The highest BCUT2D eigenvalue weighted by molar-refractivity contribution is 5.76. The van der Waals surface area contributed by atoms with Gasteiger partial charge in [0, 0.05) is 25.0 Å². The highest BCUT2D eigenvalue weighted by Gasteiger charge is 2.17. The largest absolute Gasteiger partial charge is 0.386 e. The van der Waals surface area contributed by atoms with Crippen LogP contribution in [0.1, 0.15) is 44.3 Å². The molecule has 4 nitrogen and oxygen atoms in total. The fraction of sp³-hybridized carbons (Fsp3) is 0.400. The first-order valence-electron chi connectivity index (χ1n) is 8.63. The SMILES string of the molecule is C[C@H](NC(=O)CCCCC[n+]1ccccc1)[C@H](O)c1ccccc1. The molecule has 0 saturated heterocycles. The van der Waals surface area contributed by atoms with Gasteiger partial charge < -0.3 is 10.4 Å². The number of hydrogen-bond donors (Lipinski definition) is 2. The monoisotopic (exact) mass is 327 g/mol. The molecule has 1 aromatic carbocycles. The van der Waals surface area contributed by atoms with Crippen LogP contribution in [-0.2, 0) is 11.3 Å².